The molecule has 1 atom stereocenters. The van der Waals surface area contributed by atoms with Crippen LogP contribution in [0.3, 0.4) is 0 Å². The summed E-state index contributed by atoms with van der Waals surface area (Å²) in [6.07, 6.45) is 1.12. The molecule has 190 valence electrons. The average Bonchev–Trinajstić information content (AvgIpc) is 3.01. The number of hydrogen-bond donors (Lipinski definition) is 1. The molecule has 0 saturated heterocycles. The van der Waals surface area contributed by atoms with Crippen molar-refractivity contribution in [2.45, 2.75) is 46.3 Å². The first kappa shape index (κ1) is 24.6. The van der Waals surface area contributed by atoms with Crippen LogP contribution < -0.4 is 19.7 Å². The van der Waals surface area contributed by atoms with Gasteiger partial charge in [-0.1, -0.05) is 62.4 Å². The number of fused-ring (bicyclic) bond motifs is 1. The van der Waals surface area contributed by atoms with E-state index in [4.69, 9.17) is 9.47 Å². The van der Waals surface area contributed by atoms with Crippen molar-refractivity contribution in [2.75, 3.05) is 17.3 Å². The number of ether oxygens (including phenoxy) is 2. The maximum atomic E-state index is 13.7. The summed E-state index contributed by atoms with van der Waals surface area (Å²) in [5, 5.41) is 3.52. The molecule has 1 aliphatic carbocycles. The molecule has 3 aromatic carbocycles. The highest BCUT2D eigenvalue weighted by Gasteiger charge is 2.42. The van der Waals surface area contributed by atoms with E-state index in [0.717, 1.165) is 28.2 Å². The summed E-state index contributed by atoms with van der Waals surface area (Å²) in [4.78, 5) is 28.7. The van der Waals surface area contributed by atoms with E-state index < -0.39 is 6.04 Å². The van der Waals surface area contributed by atoms with Gasteiger partial charge in [0.25, 0.3) is 0 Å². The highest BCUT2D eigenvalue weighted by atomic mass is 16.5. The average molecular weight is 497 g/mol. The van der Waals surface area contributed by atoms with Gasteiger partial charge in [0.1, 0.15) is 6.61 Å². The van der Waals surface area contributed by atoms with Crippen molar-refractivity contribution in [1.29, 1.82) is 0 Å². The first-order chi connectivity index (χ1) is 17.8. The van der Waals surface area contributed by atoms with Gasteiger partial charge >= 0.3 is 0 Å². The number of nitrogens with one attached hydrogen (secondary N) is 1. The molecule has 1 amide bonds. The number of para-hydroxylation sites is 2. The number of anilines is 2. The van der Waals surface area contributed by atoms with Crippen LogP contribution in [0.2, 0.25) is 0 Å². The van der Waals surface area contributed by atoms with E-state index in [1.54, 1.807) is 18.9 Å². The summed E-state index contributed by atoms with van der Waals surface area (Å²) in [5.41, 5.74) is 4.68. The van der Waals surface area contributed by atoms with Crippen LogP contribution >= 0.6 is 0 Å². The van der Waals surface area contributed by atoms with Crippen LogP contribution in [-0.4, -0.2) is 18.8 Å². The number of methoxy groups -OCH3 is 1. The minimum atomic E-state index is -0.600. The first-order valence-electron chi connectivity index (χ1n) is 12.5. The fourth-order valence-corrected chi connectivity index (χ4v) is 5.36. The number of carbonyl (C=O) groups excluding carboxylic acids is 2. The maximum absolute atomic E-state index is 13.7. The van der Waals surface area contributed by atoms with Gasteiger partial charge in [0.05, 0.1) is 24.5 Å². The molecular formula is C31H32N2O4. The lowest BCUT2D eigenvalue weighted by atomic mass is 9.73. The van der Waals surface area contributed by atoms with Gasteiger partial charge in [0.2, 0.25) is 5.91 Å². The summed E-state index contributed by atoms with van der Waals surface area (Å²) in [6.45, 7) is 6.12. The summed E-state index contributed by atoms with van der Waals surface area (Å²) < 4.78 is 11.8. The molecule has 0 fully saturated rings. The molecule has 0 aromatic heterocycles. The van der Waals surface area contributed by atoms with Crippen molar-refractivity contribution >= 4 is 23.1 Å². The van der Waals surface area contributed by atoms with Crippen LogP contribution in [0.5, 0.6) is 11.5 Å². The van der Waals surface area contributed by atoms with Gasteiger partial charge in [0.15, 0.2) is 17.3 Å². The maximum Gasteiger partial charge on any atom is 0.224 e. The number of benzene rings is 3. The lowest BCUT2D eigenvalue weighted by molar-refractivity contribution is -0.118. The molecule has 5 rings (SSSR count). The van der Waals surface area contributed by atoms with Crippen LogP contribution in [0.4, 0.5) is 11.4 Å². The third kappa shape index (κ3) is 4.84. The van der Waals surface area contributed by atoms with Crippen molar-refractivity contribution in [3.05, 3.63) is 95.2 Å². The number of ketones is 1. The van der Waals surface area contributed by atoms with E-state index in [9.17, 15) is 9.59 Å². The number of hydrogen-bond acceptors (Lipinski definition) is 5. The number of carbonyl (C=O) groups is 2. The monoisotopic (exact) mass is 496 g/mol. The SMILES string of the molecule is COc1ccc([C@@H]2C3=C(CC(C)(C)CC3=O)Nc3ccccc3N2C(C)=O)cc1OCc1ccccc1. The summed E-state index contributed by atoms with van der Waals surface area (Å²) >= 11 is 0. The molecule has 6 heteroatoms. The van der Waals surface area contributed by atoms with Gasteiger partial charge in [-0.05, 0) is 47.2 Å². The highest BCUT2D eigenvalue weighted by Crippen LogP contribution is 2.49. The Labute approximate surface area is 217 Å². The van der Waals surface area contributed by atoms with E-state index in [1.807, 2.05) is 72.8 Å². The first-order valence-corrected chi connectivity index (χ1v) is 12.5. The van der Waals surface area contributed by atoms with Crippen molar-refractivity contribution in [3.63, 3.8) is 0 Å². The van der Waals surface area contributed by atoms with Crippen LogP contribution in [0.25, 0.3) is 0 Å². The van der Waals surface area contributed by atoms with Crippen LogP contribution in [0.15, 0.2) is 84.1 Å². The van der Waals surface area contributed by atoms with Gasteiger partial charge in [-0.3, -0.25) is 14.5 Å². The Kier molecular flexibility index (Phi) is 6.50. The molecule has 1 N–H and O–H groups in total. The fraction of sp³-hybridized carbons (Fsp3) is 0.290. The molecule has 0 spiro atoms. The molecule has 37 heavy (non-hydrogen) atoms. The minimum absolute atomic E-state index is 0.0466. The lowest BCUT2D eigenvalue weighted by Crippen LogP contribution is -2.38. The van der Waals surface area contributed by atoms with Crippen molar-refractivity contribution in [1.82, 2.24) is 0 Å². The van der Waals surface area contributed by atoms with E-state index in [1.165, 1.54) is 0 Å². The molecule has 0 unspecified atom stereocenters. The predicted molar refractivity (Wildman–Crippen MR) is 145 cm³/mol. The Morgan fingerprint density at radius 1 is 1.00 bits per heavy atom. The fourth-order valence-electron chi connectivity index (χ4n) is 5.36. The third-order valence-electron chi connectivity index (χ3n) is 6.98. The molecule has 0 radical (unpaired) electrons. The zero-order valence-electron chi connectivity index (χ0n) is 21.7. The standard InChI is InChI=1S/C31H32N2O4/c1-20(34)33-25-13-9-8-12-23(25)32-24-17-31(2,3)18-26(35)29(24)30(33)22-14-15-27(36-4)28(16-22)37-19-21-10-6-5-7-11-21/h5-16,30,32H,17-19H2,1-4H3/t30-/m1/s1. The number of rotatable bonds is 5. The van der Waals surface area contributed by atoms with E-state index >= 15 is 0 Å². The predicted octanol–water partition coefficient (Wildman–Crippen LogP) is 6.44. The second kappa shape index (κ2) is 9.77. The molecule has 2 aliphatic rings. The summed E-state index contributed by atoms with van der Waals surface area (Å²) in [6, 6.07) is 22.7. The lowest BCUT2D eigenvalue weighted by Gasteiger charge is -2.37. The van der Waals surface area contributed by atoms with Crippen LogP contribution in [0, 0.1) is 5.41 Å². The molecule has 3 aromatic rings. The van der Waals surface area contributed by atoms with Gasteiger partial charge < -0.3 is 14.8 Å². The van der Waals surface area contributed by atoms with Crippen molar-refractivity contribution in [2.24, 2.45) is 5.41 Å². The van der Waals surface area contributed by atoms with E-state index in [0.29, 0.717) is 36.5 Å². The zero-order valence-corrected chi connectivity index (χ0v) is 21.7. The Morgan fingerprint density at radius 3 is 2.46 bits per heavy atom. The zero-order chi connectivity index (χ0) is 26.2. The number of nitrogens with zero attached hydrogens (tertiary/aromatic N) is 1. The minimum Gasteiger partial charge on any atom is -0.493 e. The smallest absolute Gasteiger partial charge is 0.224 e. The van der Waals surface area contributed by atoms with Gasteiger partial charge in [0, 0.05) is 24.6 Å². The van der Waals surface area contributed by atoms with E-state index in [2.05, 4.69) is 19.2 Å². The molecule has 1 aliphatic heterocycles. The van der Waals surface area contributed by atoms with Gasteiger partial charge in [-0.2, -0.15) is 0 Å². The van der Waals surface area contributed by atoms with E-state index in [-0.39, 0.29) is 17.1 Å². The Balaban J connectivity index is 1.66. The van der Waals surface area contributed by atoms with Gasteiger partial charge in [-0.15, -0.1) is 0 Å². The van der Waals surface area contributed by atoms with Crippen molar-refractivity contribution < 1.29 is 19.1 Å². The Morgan fingerprint density at radius 2 is 1.73 bits per heavy atom. The van der Waals surface area contributed by atoms with Crippen LogP contribution in [-0.2, 0) is 16.2 Å². The molecule has 1 heterocycles. The Bertz CT molecular complexity index is 1380. The molecule has 0 bridgehead atoms. The Hall–Kier alpha value is -4.06. The number of allylic oxidation sites excluding steroid dienone is 1. The quantitative estimate of drug-likeness (QED) is 0.440. The second-order valence-corrected chi connectivity index (χ2v) is 10.5. The molecular weight excluding hydrogens is 464 g/mol. The largest absolute Gasteiger partial charge is 0.493 e. The van der Waals surface area contributed by atoms with Crippen LogP contribution in [0.1, 0.15) is 50.8 Å². The number of Topliss-reactive ketones (excluding diaryl/α,β-unsaturated/α-hetero) is 1. The highest BCUT2D eigenvalue weighted by molar-refractivity contribution is 6.05. The topological polar surface area (TPSA) is 67.9 Å². The third-order valence-corrected chi connectivity index (χ3v) is 6.98. The summed E-state index contributed by atoms with van der Waals surface area (Å²) in [5.74, 6) is 1.05. The van der Waals surface area contributed by atoms with Gasteiger partial charge in [-0.25, -0.2) is 0 Å². The molecule has 0 saturated carbocycles. The normalized spacial score (nSPS) is 18.3. The second-order valence-electron chi connectivity index (χ2n) is 10.5. The summed E-state index contributed by atoms with van der Waals surface area (Å²) in [7, 11) is 1.60. The molecule has 6 nitrogen and oxygen atoms in total. The van der Waals surface area contributed by atoms with Crippen molar-refractivity contribution in [3.8, 4) is 11.5 Å². The number of amides is 1.